The van der Waals surface area contributed by atoms with Gasteiger partial charge in [-0.05, 0) is 61.9 Å². The Kier molecular flexibility index (Phi) is 5.28. The zero-order valence-corrected chi connectivity index (χ0v) is 14.7. The number of hydrogen-bond acceptors (Lipinski definition) is 2. The molecule has 0 radical (unpaired) electrons. The van der Waals surface area contributed by atoms with Gasteiger partial charge in [0, 0.05) is 29.2 Å². The Bertz CT molecular complexity index is 912. The number of nitrogens with zero attached hydrogens (tertiary/aromatic N) is 1. The standard InChI is InChI=1S/C21H20F2N2O/c1-14-11-20(15(2)25(14)19-9-7-18(23)8-10-19)21(26)13-24-12-16-3-5-17(22)6-4-16/h3-11,24H,12-13H2,1-2H3. The van der Waals surface area contributed by atoms with E-state index in [1.54, 1.807) is 24.3 Å². The van der Waals surface area contributed by atoms with E-state index in [-0.39, 0.29) is 24.0 Å². The van der Waals surface area contributed by atoms with Gasteiger partial charge in [0.25, 0.3) is 0 Å². The van der Waals surface area contributed by atoms with E-state index in [1.165, 1.54) is 24.3 Å². The number of Topliss-reactive ketones (excluding diaryl/α,β-unsaturated/α-hetero) is 1. The molecule has 1 N–H and O–H groups in total. The average Bonchev–Trinajstić information content (AvgIpc) is 2.92. The van der Waals surface area contributed by atoms with E-state index >= 15 is 0 Å². The molecule has 0 saturated heterocycles. The molecule has 0 aliphatic heterocycles. The highest BCUT2D eigenvalue weighted by Crippen LogP contribution is 2.21. The molecule has 3 nitrogen and oxygen atoms in total. The van der Waals surface area contributed by atoms with Crippen molar-refractivity contribution in [1.29, 1.82) is 0 Å². The van der Waals surface area contributed by atoms with Crippen molar-refractivity contribution in [1.82, 2.24) is 9.88 Å². The quantitative estimate of drug-likeness (QED) is 0.668. The van der Waals surface area contributed by atoms with E-state index < -0.39 is 0 Å². The second kappa shape index (κ2) is 7.62. The van der Waals surface area contributed by atoms with Crippen LogP contribution < -0.4 is 5.32 Å². The average molecular weight is 354 g/mol. The first kappa shape index (κ1) is 18.0. The largest absolute Gasteiger partial charge is 0.318 e. The number of aromatic nitrogens is 1. The van der Waals surface area contributed by atoms with Crippen LogP contribution in [0.2, 0.25) is 0 Å². The number of benzene rings is 2. The predicted molar refractivity (Wildman–Crippen MR) is 97.6 cm³/mol. The van der Waals surface area contributed by atoms with Crippen molar-refractivity contribution < 1.29 is 13.6 Å². The molecule has 26 heavy (non-hydrogen) atoms. The molecule has 0 unspecified atom stereocenters. The van der Waals surface area contributed by atoms with Gasteiger partial charge in [-0.2, -0.15) is 0 Å². The maximum atomic E-state index is 13.1. The van der Waals surface area contributed by atoms with Gasteiger partial charge in [-0.3, -0.25) is 4.79 Å². The number of ketones is 1. The number of nitrogens with one attached hydrogen (secondary N) is 1. The fraction of sp³-hybridized carbons (Fsp3) is 0.190. The first-order valence-electron chi connectivity index (χ1n) is 8.39. The van der Waals surface area contributed by atoms with Gasteiger partial charge in [-0.25, -0.2) is 8.78 Å². The smallest absolute Gasteiger partial charge is 0.178 e. The van der Waals surface area contributed by atoms with Gasteiger partial charge in [-0.15, -0.1) is 0 Å². The monoisotopic (exact) mass is 354 g/mol. The molecule has 0 atom stereocenters. The Balaban J connectivity index is 1.70. The minimum Gasteiger partial charge on any atom is -0.318 e. The SMILES string of the molecule is Cc1cc(C(=O)CNCc2ccc(F)cc2)c(C)n1-c1ccc(F)cc1. The van der Waals surface area contributed by atoms with E-state index in [9.17, 15) is 13.6 Å². The van der Waals surface area contributed by atoms with Crippen LogP contribution in [-0.2, 0) is 6.54 Å². The van der Waals surface area contributed by atoms with Crippen LogP contribution in [0.3, 0.4) is 0 Å². The summed E-state index contributed by atoms with van der Waals surface area (Å²) in [6.45, 7) is 4.47. The van der Waals surface area contributed by atoms with Crippen LogP contribution in [0.25, 0.3) is 5.69 Å². The normalized spacial score (nSPS) is 10.9. The Morgan fingerprint density at radius 3 is 2.15 bits per heavy atom. The molecule has 0 amide bonds. The first-order chi connectivity index (χ1) is 12.5. The second-order valence-electron chi connectivity index (χ2n) is 6.25. The van der Waals surface area contributed by atoms with Crippen LogP contribution in [-0.4, -0.2) is 16.9 Å². The summed E-state index contributed by atoms with van der Waals surface area (Å²) in [4.78, 5) is 12.6. The molecule has 0 fully saturated rings. The molecule has 2 aromatic carbocycles. The number of hydrogen-bond donors (Lipinski definition) is 1. The first-order valence-corrected chi connectivity index (χ1v) is 8.39. The lowest BCUT2D eigenvalue weighted by molar-refractivity contribution is 0.0990. The molecule has 1 aromatic heterocycles. The van der Waals surface area contributed by atoms with E-state index in [4.69, 9.17) is 0 Å². The van der Waals surface area contributed by atoms with Gasteiger partial charge in [0.1, 0.15) is 11.6 Å². The Labute approximate surface area is 151 Å². The van der Waals surface area contributed by atoms with Gasteiger partial charge in [-0.1, -0.05) is 12.1 Å². The zero-order chi connectivity index (χ0) is 18.7. The van der Waals surface area contributed by atoms with Crippen LogP contribution >= 0.6 is 0 Å². The summed E-state index contributed by atoms with van der Waals surface area (Å²) in [5.41, 5.74) is 4.10. The summed E-state index contributed by atoms with van der Waals surface area (Å²) < 4.78 is 28.0. The molecule has 3 rings (SSSR count). The number of rotatable bonds is 6. The lowest BCUT2D eigenvalue weighted by atomic mass is 10.1. The molecule has 0 spiro atoms. The molecule has 0 saturated carbocycles. The van der Waals surface area contributed by atoms with Crippen molar-refractivity contribution in [3.63, 3.8) is 0 Å². The number of carbonyl (C=O) groups excluding carboxylic acids is 1. The molecule has 134 valence electrons. The Hall–Kier alpha value is -2.79. The molecule has 0 aliphatic rings. The second-order valence-corrected chi connectivity index (χ2v) is 6.25. The van der Waals surface area contributed by atoms with Crippen molar-refractivity contribution in [2.24, 2.45) is 0 Å². The maximum Gasteiger partial charge on any atom is 0.178 e. The van der Waals surface area contributed by atoms with Crippen molar-refractivity contribution in [2.75, 3.05) is 6.54 Å². The summed E-state index contributed by atoms with van der Waals surface area (Å²) in [5.74, 6) is -0.593. The van der Waals surface area contributed by atoms with Crippen LogP contribution in [0.1, 0.15) is 27.3 Å². The topological polar surface area (TPSA) is 34.0 Å². The highest BCUT2D eigenvalue weighted by molar-refractivity contribution is 5.99. The minimum atomic E-state index is -0.294. The zero-order valence-electron chi connectivity index (χ0n) is 14.7. The third-order valence-corrected chi connectivity index (χ3v) is 4.34. The van der Waals surface area contributed by atoms with E-state index in [2.05, 4.69) is 5.32 Å². The highest BCUT2D eigenvalue weighted by Gasteiger charge is 2.16. The fourth-order valence-corrected chi connectivity index (χ4v) is 3.05. The lowest BCUT2D eigenvalue weighted by Crippen LogP contribution is -2.23. The third kappa shape index (κ3) is 3.89. The van der Waals surface area contributed by atoms with Crippen molar-refractivity contribution in [3.05, 3.63) is 88.7 Å². The Morgan fingerprint density at radius 2 is 1.54 bits per heavy atom. The molecule has 3 aromatic rings. The van der Waals surface area contributed by atoms with E-state index in [1.807, 2.05) is 24.5 Å². The van der Waals surface area contributed by atoms with Crippen molar-refractivity contribution in [3.8, 4) is 5.69 Å². The van der Waals surface area contributed by atoms with Gasteiger partial charge < -0.3 is 9.88 Å². The molecule has 0 aliphatic carbocycles. The third-order valence-electron chi connectivity index (χ3n) is 4.34. The molecule has 0 bridgehead atoms. The number of carbonyl (C=O) groups is 1. The van der Waals surface area contributed by atoms with Gasteiger partial charge in [0.05, 0.1) is 6.54 Å². The van der Waals surface area contributed by atoms with Crippen LogP contribution in [0.5, 0.6) is 0 Å². The molecule has 1 heterocycles. The van der Waals surface area contributed by atoms with Crippen molar-refractivity contribution in [2.45, 2.75) is 20.4 Å². The predicted octanol–water partition coefficient (Wildman–Crippen LogP) is 4.34. The van der Waals surface area contributed by atoms with E-state index in [0.717, 1.165) is 22.6 Å². The van der Waals surface area contributed by atoms with Crippen LogP contribution in [0, 0.1) is 25.5 Å². The highest BCUT2D eigenvalue weighted by atomic mass is 19.1. The minimum absolute atomic E-state index is 0.0198. The Morgan fingerprint density at radius 1 is 0.962 bits per heavy atom. The summed E-state index contributed by atoms with van der Waals surface area (Å²) in [6, 6.07) is 14.2. The fourth-order valence-electron chi connectivity index (χ4n) is 3.05. The maximum absolute atomic E-state index is 13.1. The van der Waals surface area contributed by atoms with E-state index in [0.29, 0.717) is 12.1 Å². The summed E-state index contributed by atoms with van der Waals surface area (Å²) in [7, 11) is 0. The lowest BCUT2D eigenvalue weighted by Gasteiger charge is -2.10. The summed E-state index contributed by atoms with van der Waals surface area (Å²) in [5, 5.41) is 3.09. The van der Waals surface area contributed by atoms with Gasteiger partial charge in [0.2, 0.25) is 0 Å². The number of aryl methyl sites for hydroxylation is 1. The summed E-state index contributed by atoms with van der Waals surface area (Å²) >= 11 is 0. The molecular weight excluding hydrogens is 334 g/mol. The summed E-state index contributed by atoms with van der Waals surface area (Å²) in [6.07, 6.45) is 0. The van der Waals surface area contributed by atoms with Crippen molar-refractivity contribution >= 4 is 5.78 Å². The molecular formula is C21H20F2N2O. The van der Waals surface area contributed by atoms with Crippen LogP contribution in [0.15, 0.2) is 54.6 Å². The van der Waals surface area contributed by atoms with Gasteiger partial charge >= 0.3 is 0 Å². The van der Waals surface area contributed by atoms with Gasteiger partial charge in [0.15, 0.2) is 5.78 Å². The number of halogens is 2. The van der Waals surface area contributed by atoms with Crippen LogP contribution in [0.4, 0.5) is 8.78 Å². The molecule has 5 heteroatoms.